The van der Waals surface area contributed by atoms with Crippen molar-refractivity contribution >= 4 is 0 Å². The summed E-state index contributed by atoms with van der Waals surface area (Å²) in [6.45, 7) is 0. The summed E-state index contributed by atoms with van der Waals surface area (Å²) >= 11 is 0. The van der Waals surface area contributed by atoms with Crippen molar-refractivity contribution in [3.63, 3.8) is 0 Å². The molecule has 2 rings (SSSR count). The Kier molecular flexibility index (Phi) is 4.36. The summed E-state index contributed by atoms with van der Waals surface area (Å²) in [5.41, 5.74) is 0. The van der Waals surface area contributed by atoms with E-state index in [1.807, 2.05) is 0 Å². The van der Waals surface area contributed by atoms with Crippen LogP contribution < -0.4 is 0 Å². The molecule has 0 saturated heterocycles. The molecule has 6 N–H and O–H groups in total. The molecule has 0 aromatic heterocycles. The standard InChI is InChI=1S/C12H18O7/c13-5-3-4-8(11(18)9(5)16)19-12-7(15)2-1-6(14)10(12)17/h1-18H/t5-,6-,7+,8+,9-,10-,11-,12-/m1/s1. The smallest absolute Gasteiger partial charge is 0.117 e. The average Bonchev–Trinajstić information content (AvgIpc) is 2.39. The second-order valence-electron chi connectivity index (χ2n) is 4.78. The molecule has 0 aromatic carbocycles. The van der Waals surface area contributed by atoms with Crippen LogP contribution in [0.15, 0.2) is 24.3 Å². The Hall–Kier alpha value is -0.800. The molecule has 108 valence electrons. The molecule has 0 fully saturated rings. The van der Waals surface area contributed by atoms with Crippen LogP contribution in [0.4, 0.5) is 0 Å². The third-order valence-corrected chi connectivity index (χ3v) is 3.38. The zero-order valence-electron chi connectivity index (χ0n) is 10.0. The quantitative estimate of drug-likeness (QED) is 0.297. The van der Waals surface area contributed by atoms with Gasteiger partial charge < -0.3 is 35.4 Å². The number of rotatable bonds is 2. The highest BCUT2D eigenvalue weighted by Gasteiger charge is 2.40. The van der Waals surface area contributed by atoms with Crippen LogP contribution >= 0.6 is 0 Å². The van der Waals surface area contributed by atoms with Gasteiger partial charge in [0.1, 0.15) is 48.8 Å². The highest BCUT2D eigenvalue weighted by atomic mass is 16.5. The van der Waals surface area contributed by atoms with Gasteiger partial charge in [0, 0.05) is 0 Å². The number of aliphatic hydroxyl groups is 6. The van der Waals surface area contributed by atoms with Crippen molar-refractivity contribution in [3.8, 4) is 0 Å². The van der Waals surface area contributed by atoms with E-state index in [0.717, 1.165) is 0 Å². The van der Waals surface area contributed by atoms with Crippen LogP contribution in [0.2, 0.25) is 0 Å². The normalized spacial score (nSPS) is 50.4. The molecule has 7 nitrogen and oxygen atoms in total. The molecule has 0 heterocycles. The van der Waals surface area contributed by atoms with E-state index in [1.54, 1.807) is 0 Å². The minimum atomic E-state index is -1.41. The van der Waals surface area contributed by atoms with Crippen LogP contribution in [0.3, 0.4) is 0 Å². The van der Waals surface area contributed by atoms with Crippen LogP contribution in [-0.2, 0) is 4.74 Å². The van der Waals surface area contributed by atoms with Gasteiger partial charge in [-0.15, -0.1) is 0 Å². The Balaban J connectivity index is 2.08. The number of hydrogen-bond donors (Lipinski definition) is 6. The highest BCUT2D eigenvalue weighted by molar-refractivity contribution is 5.12. The minimum absolute atomic E-state index is 0.994. The molecule has 8 atom stereocenters. The Morgan fingerprint density at radius 2 is 1.11 bits per heavy atom. The number of aliphatic hydroxyl groups excluding tert-OH is 6. The Morgan fingerprint density at radius 3 is 1.79 bits per heavy atom. The fraction of sp³-hybridized carbons (Fsp3) is 0.667. The molecule has 0 aliphatic heterocycles. The van der Waals surface area contributed by atoms with E-state index in [0.29, 0.717) is 0 Å². The monoisotopic (exact) mass is 274 g/mol. The lowest BCUT2D eigenvalue weighted by molar-refractivity contribution is -0.176. The van der Waals surface area contributed by atoms with Gasteiger partial charge in [-0.05, 0) is 0 Å². The third-order valence-electron chi connectivity index (χ3n) is 3.38. The molecule has 0 aromatic rings. The van der Waals surface area contributed by atoms with E-state index in [2.05, 4.69) is 0 Å². The van der Waals surface area contributed by atoms with Gasteiger partial charge in [0.05, 0.1) is 0 Å². The first-order valence-corrected chi connectivity index (χ1v) is 6.02. The van der Waals surface area contributed by atoms with Crippen molar-refractivity contribution in [2.24, 2.45) is 0 Å². The van der Waals surface area contributed by atoms with E-state index in [9.17, 15) is 30.6 Å². The van der Waals surface area contributed by atoms with Gasteiger partial charge in [-0.3, -0.25) is 0 Å². The van der Waals surface area contributed by atoms with Gasteiger partial charge in [-0.1, -0.05) is 24.3 Å². The van der Waals surface area contributed by atoms with Gasteiger partial charge in [0.2, 0.25) is 0 Å². The topological polar surface area (TPSA) is 131 Å². The van der Waals surface area contributed by atoms with Crippen molar-refractivity contribution in [2.75, 3.05) is 0 Å². The molecule has 0 unspecified atom stereocenters. The van der Waals surface area contributed by atoms with Gasteiger partial charge in [-0.2, -0.15) is 0 Å². The van der Waals surface area contributed by atoms with E-state index in [1.165, 1.54) is 24.3 Å². The van der Waals surface area contributed by atoms with Crippen LogP contribution in [0.25, 0.3) is 0 Å². The van der Waals surface area contributed by atoms with E-state index >= 15 is 0 Å². The highest BCUT2D eigenvalue weighted by Crippen LogP contribution is 2.23. The second-order valence-corrected chi connectivity index (χ2v) is 4.78. The first-order valence-electron chi connectivity index (χ1n) is 6.02. The van der Waals surface area contributed by atoms with Crippen LogP contribution in [0.1, 0.15) is 0 Å². The summed E-state index contributed by atoms with van der Waals surface area (Å²) in [6, 6.07) is 0. The lowest BCUT2D eigenvalue weighted by atomic mass is 9.93. The molecule has 7 heteroatoms. The SMILES string of the molecule is O[C@H]1[C@H](O)[C@@H](O[C@H]2[C@H](O)[C@H](O)C=C[C@@H]2O)C=C[C@H]1O. The summed E-state index contributed by atoms with van der Waals surface area (Å²) in [6.07, 6.45) is -4.63. The number of hydrogen-bond acceptors (Lipinski definition) is 7. The summed E-state index contributed by atoms with van der Waals surface area (Å²) < 4.78 is 5.34. The maximum Gasteiger partial charge on any atom is 0.117 e. The predicted octanol–water partition coefficient (Wildman–Crippen LogP) is -2.95. The van der Waals surface area contributed by atoms with Gasteiger partial charge in [0.25, 0.3) is 0 Å². The van der Waals surface area contributed by atoms with Gasteiger partial charge >= 0.3 is 0 Å². The zero-order valence-corrected chi connectivity index (χ0v) is 10.0. The van der Waals surface area contributed by atoms with Crippen molar-refractivity contribution in [1.82, 2.24) is 0 Å². The molecule has 0 bridgehead atoms. The molecule has 0 spiro atoms. The number of ether oxygens (including phenoxy) is 1. The summed E-state index contributed by atoms with van der Waals surface area (Å²) in [5.74, 6) is 0. The Labute approximate surface area is 109 Å². The van der Waals surface area contributed by atoms with Crippen molar-refractivity contribution in [3.05, 3.63) is 24.3 Å². The Morgan fingerprint density at radius 1 is 0.579 bits per heavy atom. The first-order chi connectivity index (χ1) is 8.91. The largest absolute Gasteiger partial charge is 0.387 e. The zero-order chi connectivity index (χ0) is 14.2. The van der Waals surface area contributed by atoms with Gasteiger partial charge in [0.15, 0.2) is 0 Å². The maximum absolute atomic E-state index is 9.75. The van der Waals surface area contributed by atoms with E-state index in [4.69, 9.17) is 4.74 Å². The lowest BCUT2D eigenvalue weighted by Crippen LogP contribution is -2.54. The molecule has 19 heavy (non-hydrogen) atoms. The van der Waals surface area contributed by atoms with Crippen molar-refractivity contribution in [2.45, 2.75) is 48.8 Å². The second kappa shape index (κ2) is 5.68. The molecule has 0 radical (unpaired) electrons. The maximum atomic E-state index is 9.75. The van der Waals surface area contributed by atoms with E-state index < -0.39 is 48.8 Å². The molecular formula is C12H18O7. The summed E-state index contributed by atoms with van der Waals surface area (Å²) in [4.78, 5) is 0. The molecule has 0 saturated carbocycles. The minimum Gasteiger partial charge on any atom is -0.387 e. The van der Waals surface area contributed by atoms with Crippen molar-refractivity contribution in [1.29, 1.82) is 0 Å². The predicted molar refractivity (Wildman–Crippen MR) is 63.0 cm³/mol. The van der Waals surface area contributed by atoms with Gasteiger partial charge in [-0.25, -0.2) is 0 Å². The molecular weight excluding hydrogens is 256 g/mol. The molecule has 0 amide bonds. The van der Waals surface area contributed by atoms with E-state index in [-0.39, 0.29) is 0 Å². The summed E-state index contributed by atoms with van der Waals surface area (Å²) in [7, 11) is 0. The third kappa shape index (κ3) is 2.87. The first kappa shape index (κ1) is 14.6. The van der Waals surface area contributed by atoms with Crippen LogP contribution in [0.5, 0.6) is 0 Å². The molecule has 2 aliphatic rings. The Bertz CT molecular complexity index is 369. The summed E-state index contributed by atoms with van der Waals surface area (Å²) in [5, 5.41) is 57.5. The van der Waals surface area contributed by atoms with Crippen molar-refractivity contribution < 1.29 is 35.4 Å². The van der Waals surface area contributed by atoms with Crippen LogP contribution in [0, 0.1) is 0 Å². The van der Waals surface area contributed by atoms with Crippen LogP contribution in [-0.4, -0.2) is 79.5 Å². The fourth-order valence-electron chi connectivity index (χ4n) is 2.16. The lowest BCUT2D eigenvalue weighted by Gasteiger charge is -2.37. The average molecular weight is 274 g/mol. The molecule has 2 aliphatic carbocycles. The fourth-order valence-corrected chi connectivity index (χ4v) is 2.16.